The van der Waals surface area contributed by atoms with E-state index in [1.807, 2.05) is 4.68 Å². The maximum absolute atomic E-state index is 12.9. The predicted octanol–water partition coefficient (Wildman–Crippen LogP) is -0.820. The van der Waals surface area contributed by atoms with Crippen molar-refractivity contribution in [3.63, 3.8) is 0 Å². The Bertz CT molecular complexity index is 1420. The van der Waals surface area contributed by atoms with Gasteiger partial charge in [-0.05, 0) is 18.9 Å². The van der Waals surface area contributed by atoms with E-state index in [-0.39, 0.29) is 30.0 Å². The van der Waals surface area contributed by atoms with Crippen molar-refractivity contribution >= 4 is 17.7 Å². The monoisotopic (exact) mass is 480 g/mol. The fourth-order valence-corrected chi connectivity index (χ4v) is 4.63. The maximum atomic E-state index is 12.9. The number of piperidine rings is 1. The van der Waals surface area contributed by atoms with E-state index in [2.05, 4.69) is 15.1 Å². The van der Waals surface area contributed by atoms with Crippen LogP contribution in [0.15, 0.2) is 40.3 Å². The second kappa shape index (κ2) is 8.74. The van der Waals surface area contributed by atoms with E-state index in [0.717, 1.165) is 11.3 Å². The third kappa shape index (κ3) is 4.27. The molecule has 13 heteroatoms. The lowest BCUT2D eigenvalue weighted by atomic mass is 10.0. The Hall–Kier alpha value is -4.42. The lowest BCUT2D eigenvalue weighted by Crippen LogP contribution is -2.43. The van der Waals surface area contributed by atoms with Gasteiger partial charge in [0.1, 0.15) is 12.2 Å². The number of nitrogens with one attached hydrogen (secondary N) is 2. The molecule has 4 N–H and O–H groups in total. The number of aromatic nitrogens is 5. The number of likely N-dealkylation sites (tertiary alicyclic amines) is 1. The normalized spacial score (nSPS) is 15.9. The highest BCUT2D eigenvalue weighted by molar-refractivity contribution is 5.98. The number of carbonyl (C=O) groups is 3. The molecule has 3 amide bonds. The van der Waals surface area contributed by atoms with Crippen LogP contribution in [0.2, 0.25) is 0 Å². The molecule has 5 heterocycles. The molecular weight excluding hydrogens is 456 g/mol. The Morgan fingerprint density at radius 3 is 2.57 bits per heavy atom. The third-order valence-electron chi connectivity index (χ3n) is 6.54. The number of hydrogen-bond acceptors (Lipinski definition) is 6. The number of hydrogen-bond donors (Lipinski definition) is 3. The largest absolute Gasteiger partial charge is 0.366 e. The van der Waals surface area contributed by atoms with Gasteiger partial charge in [0.2, 0.25) is 11.8 Å². The number of amides is 3. The van der Waals surface area contributed by atoms with Crippen molar-refractivity contribution in [3.8, 4) is 0 Å². The number of fused-ring (bicyclic) bond motifs is 1. The summed E-state index contributed by atoms with van der Waals surface area (Å²) in [6, 6.07) is 2.74. The van der Waals surface area contributed by atoms with Crippen molar-refractivity contribution in [2.75, 3.05) is 13.1 Å². The zero-order valence-corrected chi connectivity index (χ0v) is 18.8. The molecule has 13 nitrogen and oxygen atoms in total. The maximum Gasteiger partial charge on any atom is 0.328 e. The van der Waals surface area contributed by atoms with Crippen LogP contribution in [0.25, 0.3) is 0 Å². The molecule has 0 saturated carbocycles. The molecule has 0 aromatic carbocycles. The molecule has 1 fully saturated rings. The van der Waals surface area contributed by atoms with Gasteiger partial charge in [-0.25, -0.2) is 4.79 Å². The van der Waals surface area contributed by atoms with Gasteiger partial charge in [0, 0.05) is 43.7 Å². The number of primary amides is 1. The van der Waals surface area contributed by atoms with Gasteiger partial charge in [-0.15, -0.1) is 0 Å². The number of carbonyl (C=O) groups excluding carboxylic acids is 3. The minimum atomic E-state index is -0.614. The second-order valence-electron chi connectivity index (χ2n) is 8.74. The molecule has 0 aliphatic carbocycles. The quantitative estimate of drug-likeness (QED) is 0.430. The summed E-state index contributed by atoms with van der Waals surface area (Å²) in [6.07, 6.45) is 5.88. The summed E-state index contributed by atoms with van der Waals surface area (Å²) in [6.45, 7) is 1.71. The SMILES string of the molecule is NC(=O)c1c[nH]c(C(=O)N2Cc3cnn(C4CCN(C(=O)Cn5ccc(=O)[nH]c5=O)CC4)c3C2)c1. The van der Waals surface area contributed by atoms with Crippen molar-refractivity contribution in [1.29, 1.82) is 0 Å². The Morgan fingerprint density at radius 1 is 1.11 bits per heavy atom. The van der Waals surface area contributed by atoms with Crippen LogP contribution in [0.5, 0.6) is 0 Å². The van der Waals surface area contributed by atoms with Crippen molar-refractivity contribution in [2.24, 2.45) is 5.73 Å². The number of aromatic amines is 2. The van der Waals surface area contributed by atoms with E-state index in [9.17, 15) is 24.0 Å². The van der Waals surface area contributed by atoms with E-state index in [0.29, 0.717) is 44.7 Å². The fraction of sp³-hybridized carbons (Fsp3) is 0.364. The van der Waals surface area contributed by atoms with Gasteiger partial charge in [0.15, 0.2) is 0 Å². The van der Waals surface area contributed by atoms with Gasteiger partial charge in [0.25, 0.3) is 11.5 Å². The number of H-pyrrole nitrogens is 2. The molecule has 1 saturated heterocycles. The Labute approximate surface area is 198 Å². The van der Waals surface area contributed by atoms with E-state index < -0.39 is 17.2 Å². The molecule has 182 valence electrons. The van der Waals surface area contributed by atoms with E-state index in [1.165, 1.54) is 29.1 Å². The van der Waals surface area contributed by atoms with E-state index in [4.69, 9.17) is 5.73 Å². The van der Waals surface area contributed by atoms with Crippen LogP contribution in [0.1, 0.15) is 51.0 Å². The first kappa shape index (κ1) is 22.4. The van der Waals surface area contributed by atoms with Gasteiger partial charge in [0.05, 0.1) is 30.0 Å². The lowest BCUT2D eigenvalue weighted by molar-refractivity contribution is -0.133. The van der Waals surface area contributed by atoms with Crippen LogP contribution in [0, 0.1) is 0 Å². The molecule has 3 aromatic rings. The summed E-state index contributed by atoms with van der Waals surface area (Å²) in [5.41, 5.74) is 6.63. The smallest absolute Gasteiger partial charge is 0.328 e. The van der Waals surface area contributed by atoms with Crippen molar-refractivity contribution in [1.82, 2.24) is 34.1 Å². The summed E-state index contributed by atoms with van der Waals surface area (Å²) in [5.74, 6) is -1.02. The molecule has 3 aromatic heterocycles. The summed E-state index contributed by atoms with van der Waals surface area (Å²) in [7, 11) is 0. The summed E-state index contributed by atoms with van der Waals surface area (Å²) >= 11 is 0. The van der Waals surface area contributed by atoms with Crippen molar-refractivity contribution < 1.29 is 14.4 Å². The number of nitrogens with zero attached hydrogens (tertiary/aromatic N) is 5. The van der Waals surface area contributed by atoms with Crippen LogP contribution in [-0.4, -0.2) is 64.9 Å². The van der Waals surface area contributed by atoms with Gasteiger partial charge >= 0.3 is 5.69 Å². The topological polar surface area (TPSA) is 172 Å². The predicted molar refractivity (Wildman–Crippen MR) is 121 cm³/mol. The van der Waals surface area contributed by atoms with Gasteiger partial charge in [-0.1, -0.05) is 0 Å². The average molecular weight is 480 g/mol. The highest BCUT2D eigenvalue weighted by atomic mass is 16.2. The minimum absolute atomic E-state index is 0.0839. The van der Waals surface area contributed by atoms with Crippen molar-refractivity contribution in [3.05, 3.63) is 74.1 Å². The third-order valence-corrected chi connectivity index (χ3v) is 6.54. The molecule has 0 unspecified atom stereocenters. The van der Waals surface area contributed by atoms with Gasteiger partial charge < -0.3 is 20.5 Å². The Morgan fingerprint density at radius 2 is 1.89 bits per heavy atom. The van der Waals surface area contributed by atoms with Crippen LogP contribution < -0.4 is 17.0 Å². The Balaban J connectivity index is 1.20. The molecule has 35 heavy (non-hydrogen) atoms. The molecule has 2 aliphatic heterocycles. The Kier molecular flexibility index (Phi) is 5.59. The zero-order chi connectivity index (χ0) is 24.7. The van der Waals surface area contributed by atoms with Crippen LogP contribution in [-0.2, 0) is 24.4 Å². The average Bonchev–Trinajstić information content (AvgIpc) is 3.56. The highest BCUT2D eigenvalue weighted by Gasteiger charge is 2.32. The molecule has 2 aliphatic rings. The minimum Gasteiger partial charge on any atom is -0.366 e. The fourth-order valence-electron chi connectivity index (χ4n) is 4.63. The lowest BCUT2D eigenvalue weighted by Gasteiger charge is -2.33. The summed E-state index contributed by atoms with van der Waals surface area (Å²) < 4.78 is 3.12. The first-order valence-corrected chi connectivity index (χ1v) is 11.2. The second-order valence-corrected chi connectivity index (χ2v) is 8.74. The first-order chi connectivity index (χ1) is 16.8. The van der Waals surface area contributed by atoms with E-state index >= 15 is 0 Å². The molecule has 0 atom stereocenters. The summed E-state index contributed by atoms with van der Waals surface area (Å²) in [5, 5.41) is 4.54. The molecule has 5 rings (SSSR count). The van der Waals surface area contributed by atoms with Gasteiger partial charge in [-0.3, -0.25) is 33.4 Å². The highest BCUT2D eigenvalue weighted by Crippen LogP contribution is 2.30. The van der Waals surface area contributed by atoms with Crippen molar-refractivity contribution in [2.45, 2.75) is 38.5 Å². The van der Waals surface area contributed by atoms with Crippen LogP contribution in [0.3, 0.4) is 0 Å². The molecule has 0 spiro atoms. The number of rotatable bonds is 5. The summed E-state index contributed by atoms with van der Waals surface area (Å²) in [4.78, 5) is 68.2. The standard InChI is InChI=1S/C22H24N8O5/c23-20(33)13-7-16(24-8-13)21(34)29-10-14-9-25-30(17(14)11-29)15-1-4-27(5-2-15)19(32)12-28-6-3-18(31)26-22(28)35/h3,6-9,15,24H,1-2,4-5,10-12H2,(H2,23,33)(H,26,31,35). The molecule has 0 radical (unpaired) electrons. The van der Waals surface area contributed by atoms with E-state index in [1.54, 1.807) is 16.0 Å². The first-order valence-electron chi connectivity index (χ1n) is 11.2. The van der Waals surface area contributed by atoms with Crippen LogP contribution in [0.4, 0.5) is 0 Å². The van der Waals surface area contributed by atoms with Crippen LogP contribution >= 0.6 is 0 Å². The zero-order valence-electron chi connectivity index (χ0n) is 18.8. The molecule has 0 bridgehead atoms. The molecular formula is C22H24N8O5. The number of nitrogens with two attached hydrogens (primary N) is 1. The van der Waals surface area contributed by atoms with Gasteiger partial charge in [-0.2, -0.15) is 5.10 Å².